The molecule has 0 aliphatic rings. The topological polar surface area (TPSA) is 38.3 Å². The van der Waals surface area contributed by atoms with E-state index in [1.807, 2.05) is 61.5 Å². The molecule has 35 heavy (non-hydrogen) atoms. The Morgan fingerprint density at radius 2 is 1.49 bits per heavy atom. The molecule has 0 bridgehead atoms. The van der Waals surface area contributed by atoms with Gasteiger partial charge in [0.05, 0.1) is 0 Å². The number of hydrogen-bond donors (Lipinski definition) is 1. The molecule has 0 radical (unpaired) electrons. The molecule has 0 saturated carbocycles. The number of ether oxygens (including phenoxy) is 1. The molecule has 0 saturated heterocycles. The van der Waals surface area contributed by atoms with Crippen LogP contribution in [0.2, 0.25) is 5.02 Å². The number of amides is 1. The maximum Gasteiger partial charge on any atom is 0.263 e. The van der Waals surface area contributed by atoms with E-state index >= 15 is 0 Å². The molecule has 3 nitrogen and oxygen atoms in total. The van der Waals surface area contributed by atoms with Gasteiger partial charge in [-0.05, 0) is 56.4 Å². The molecular formula is C29H32ClF2NO2. The lowest BCUT2D eigenvalue weighted by molar-refractivity contribution is -0.135. The quantitative estimate of drug-likeness (QED) is 0.352. The summed E-state index contributed by atoms with van der Waals surface area (Å²) in [6.45, 7) is 10.7. The Balaban J connectivity index is 1.88. The van der Waals surface area contributed by atoms with Crippen molar-refractivity contribution in [2.75, 3.05) is 0 Å². The normalized spacial score (nSPS) is 13.7. The number of carbonyl (C=O) groups is 1. The fourth-order valence-electron chi connectivity index (χ4n) is 4.54. The summed E-state index contributed by atoms with van der Waals surface area (Å²) >= 11 is 6.12. The minimum Gasteiger partial charge on any atom is -0.478 e. The molecule has 0 spiro atoms. The monoisotopic (exact) mass is 499 g/mol. The summed E-state index contributed by atoms with van der Waals surface area (Å²) in [6, 6.07) is 19.6. The first-order chi connectivity index (χ1) is 16.3. The molecule has 2 unspecified atom stereocenters. The zero-order valence-corrected chi connectivity index (χ0v) is 21.7. The first-order valence-electron chi connectivity index (χ1n) is 11.6. The van der Waals surface area contributed by atoms with Crippen LogP contribution >= 0.6 is 11.6 Å². The number of nitrogens with one attached hydrogen (secondary N) is 1. The van der Waals surface area contributed by atoms with Gasteiger partial charge in [-0.3, -0.25) is 4.79 Å². The van der Waals surface area contributed by atoms with E-state index in [2.05, 4.69) is 19.2 Å². The molecular weight excluding hydrogens is 468 g/mol. The van der Waals surface area contributed by atoms with Crippen LogP contribution in [0.25, 0.3) is 0 Å². The number of halogens is 3. The lowest BCUT2D eigenvalue weighted by atomic mass is 9.67. The Kier molecular flexibility index (Phi) is 7.90. The Bertz CT molecular complexity index is 1150. The highest BCUT2D eigenvalue weighted by atomic mass is 35.5. The van der Waals surface area contributed by atoms with Gasteiger partial charge in [0.1, 0.15) is 17.4 Å². The summed E-state index contributed by atoms with van der Waals surface area (Å²) in [7, 11) is 0. The zero-order valence-electron chi connectivity index (χ0n) is 21.0. The molecule has 3 rings (SSSR count). The Labute approximate surface area is 211 Å². The predicted molar refractivity (Wildman–Crippen MR) is 137 cm³/mol. The standard InChI is InChI=1S/C29H32ClF2NO2/c1-18-24(31)16-23(17-25(18)32)35-29(5,6)27(34)33-19(2)26(20-10-8-7-9-11-20)28(3,4)21-12-14-22(30)15-13-21/h7-17,19,26H,1-6H3,(H,33,34). The van der Waals surface area contributed by atoms with E-state index in [0.717, 1.165) is 23.3 Å². The highest BCUT2D eigenvalue weighted by Crippen LogP contribution is 2.41. The molecule has 3 aromatic rings. The van der Waals surface area contributed by atoms with E-state index in [1.54, 1.807) is 13.8 Å². The second-order valence-electron chi connectivity index (χ2n) is 10.0. The van der Waals surface area contributed by atoms with Crippen molar-refractivity contribution in [2.24, 2.45) is 0 Å². The summed E-state index contributed by atoms with van der Waals surface area (Å²) in [4.78, 5) is 13.3. The Morgan fingerprint density at radius 1 is 0.943 bits per heavy atom. The number of benzene rings is 3. The van der Waals surface area contributed by atoms with E-state index in [9.17, 15) is 13.6 Å². The molecule has 0 aromatic heterocycles. The first kappa shape index (κ1) is 26.7. The predicted octanol–water partition coefficient (Wildman–Crippen LogP) is 7.35. The van der Waals surface area contributed by atoms with Gasteiger partial charge in [-0.1, -0.05) is 67.9 Å². The third-order valence-electron chi connectivity index (χ3n) is 6.56. The summed E-state index contributed by atoms with van der Waals surface area (Å²) in [5.74, 6) is -1.98. The highest BCUT2D eigenvalue weighted by Gasteiger charge is 2.39. The van der Waals surface area contributed by atoms with Crippen molar-refractivity contribution < 1.29 is 18.3 Å². The van der Waals surface area contributed by atoms with Gasteiger partial charge in [-0.2, -0.15) is 0 Å². The van der Waals surface area contributed by atoms with Crippen LogP contribution in [-0.2, 0) is 10.2 Å². The van der Waals surface area contributed by atoms with Crippen molar-refractivity contribution in [2.45, 2.75) is 64.5 Å². The minimum atomic E-state index is -1.37. The fourth-order valence-corrected chi connectivity index (χ4v) is 4.66. The average molecular weight is 500 g/mol. The molecule has 2 atom stereocenters. The van der Waals surface area contributed by atoms with Gasteiger partial charge in [-0.25, -0.2) is 8.78 Å². The van der Waals surface area contributed by atoms with E-state index in [4.69, 9.17) is 16.3 Å². The lowest BCUT2D eigenvalue weighted by Crippen LogP contribution is -2.52. The summed E-state index contributed by atoms with van der Waals surface area (Å²) in [5.41, 5.74) is 0.323. The van der Waals surface area contributed by atoms with Crippen molar-refractivity contribution in [3.05, 3.63) is 100 Å². The van der Waals surface area contributed by atoms with E-state index in [1.165, 1.54) is 6.92 Å². The number of hydrogen-bond acceptors (Lipinski definition) is 2. The molecule has 6 heteroatoms. The van der Waals surface area contributed by atoms with Gasteiger partial charge in [0.15, 0.2) is 5.60 Å². The molecule has 0 aliphatic carbocycles. The third-order valence-corrected chi connectivity index (χ3v) is 6.81. The molecule has 1 amide bonds. The molecule has 3 aromatic carbocycles. The van der Waals surface area contributed by atoms with Crippen LogP contribution in [0.5, 0.6) is 5.75 Å². The molecule has 0 heterocycles. The van der Waals surface area contributed by atoms with Gasteiger partial charge >= 0.3 is 0 Å². The van der Waals surface area contributed by atoms with E-state index in [0.29, 0.717) is 5.02 Å². The highest BCUT2D eigenvalue weighted by molar-refractivity contribution is 6.30. The largest absolute Gasteiger partial charge is 0.478 e. The third kappa shape index (κ3) is 6.02. The maximum atomic E-state index is 14.0. The Morgan fingerprint density at radius 3 is 2.03 bits per heavy atom. The second-order valence-corrected chi connectivity index (χ2v) is 10.4. The van der Waals surface area contributed by atoms with Gasteiger partial charge in [0, 0.05) is 34.7 Å². The SMILES string of the molecule is Cc1c(F)cc(OC(C)(C)C(=O)NC(C)C(c2ccccc2)C(C)(C)c2ccc(Cl)cc2)cc1F. The molecule has 0 fully saturated rings. The van der Waals surface area contributed by atoms with Crippen LogP contribution < -0.4 is 10.1 Å². The Hall–Kier alpha value is -2.92. The first-order valence-corrected chi connectivity index (χ1v) is 12.0. The maximum absolute atomic E-state index is 14.0. The van der Waals surface area contributed by atoms with Crippen LogP contribution in [0.3, 0.4) is 0 Å². The van der Waals surface area contributed by atoms with Crippen LogP contribution in [0.15, 0.2) is 66.7 Å². The van der Waals surface area contributed by atoms with Crippen LogP contribution in [0.1, 0.15) is 57.2 Å². The summed E-state index contributed by atoms with van der Waals surface area (Å²) < 4.78 is 33.8. The molecule has 186 valence electrons. The average Bonchev–Trinajstić information content (AvgIpc) is 2.78. The minimum absolute atomic E-state index is 0.0421. The number of rotatable bonds is 8. The van der Waals surface area contributed by atoms with Crippen LogP contribution in [0.4, 0.5) is 8.78 Å². The molecule has 0 aliphatic heterocycles. The van der Waals surface area contributed by atoms with Gasteiger partial charge in [0.25, 0.3) is 5.91 Å². The summed E-state index contributed by atoms with van der Waals surface area (Å²) in [6.07, 6.45) is 0. The van der Waals surface area contributed by atoms with Crippen molar-refractivity contribution in [1.82, 2.24) is 5.32 Å². The summed E-state index contributed by atoms with van der Waals surface area (Å²) in [5, 5.41) is 3.75. The van der Waals surface area contributed by atoms with Gasteiger partial charge in [0.2, 0.25) is 0 Å². The second kappa shape index (κ2) is 10.4. The van der Waals surface area contributed by atoms with Crippen molar-refractivity contribution >= 4 is 17.5 Å². The fraction of sp³-hybridized carbons (Fsp3) is 0.345. The van der Waals surface area contributed by atoms with Crippen LogP contribution in [-0.4, -0.2) is 17.6 Å². The van der Waals surface area contributed by atoms with Crippen LogP contribution in [0, 0.1) is 18.6 Å². The van der Waals surface area contributed by atoms with Crippen molar-refractivity contribution in [3.8, 4) is 5.75 Å². The zero-order chi connectivity index (χ0) is 26.0. The van der Waals surface area contributed by atoms with Crippen molar-refractivity contribution in [1.29, 1.82) is 0 Å². The van der Waals surface area contributed by atoms with E-state index < -0.39 is 17.2 Å². The smallest absolute Gasteiger partial charge is 0.263 e. The van der Waals surface area contributed by atoms with Crippen molar-refractivity contribution in [3.63, 3.8) is 0 Å². The van der Waals surface area contributed by atoms with E-state index in [-0.39, 0.29) is 34.6 Å². The lowest BCUT2D eigenvalue weighted by Gasteiger charge is -2.40. The molecule has 1 N–H and O–H groups in total. The van der Waals surface area contributed by atoms with Gasteiger partial charge < -0.3 is 10.1 Å². The number of carbonyl (C=O) groups excluding carboxylic acids is 1. The van der Waals surface area contributed by atoms with Gasteiger partial charge in [-0.15, -0.1) is 0 Å².